The molecule has 3 rings (SSSR count). The maximum absolute atomic E-state index is 5.75. The van der Waals surface area contributed by atoms with Crippen LogP contribution in [0.3, 0.4) is 0 Å². The van der Waals surface area contributed by atoms with Crippen LogP contribution in [0.25, 0.3) is 11.4 Å². The molecular weight excluding hydrogens is 287 g/mol. The maximum atomic E-state index is 5.75. The quantitative estimate of drug-likeness (QED) is 0.503. The van der Waals surface area contributed by atoms with E-state index in [0.717, 1.165) is 10.6 Å². The summed E-state index contributed by atoms with van der Waals surface area (Å²) < 4.78 is 0. The van der Waals surface area contributed by atoms with Crippen LogP contribution in [0.1, 0.15) is 0 Å². The van der Waals surface area contributed by atoms with Gasteiger partial charge in [-0.2, -0.15) is 23.7 Å². The number of hydrogen-bond donors (Lipinski definition) is 0. The van der Waals surface area contributed by atoms with Gasteiger partial charge in [-0.05, 0) is 6.07 Å². The first-order valence-electron chi connectivity index (χ1n) is 5.22. The molecule has 0 saturated heterocycles. The van der Waals surface area contributed by atoms with Gasteiger partial charge in [0.15, 0.2) is 0 Å². The Kier molecular flexibility index (Phi) is 6.37. The molecule has 18 heavy (non-hydrogen) atoms. The summed E-state index contributed by atoms with van der Waals surface area (Å²) in [6, 6.07) is 17.4. The number of hydrogen-bond acceptors (Lipinski definition) is 2. The zero-order valence-corrected chi connectivity index (χ0v) is 11.3. The maximum Gasteiger partial charge on any atom is 0.0928 e. The summed E-state index contributed by atoms with van der Waals surface area (Å²) >= 11 is 5.75. The third-order valence-electron chi connectivity index (χ3n) is 2.10. The van der Waals surface area contributed by atoms with Crippen LogP contribution >= 0.6 is 11.6 Å². The van der Waals surface area contributed by atoms with Crippen LogP contribution in [-0.4, -0.2) is 9.97 Å². The van der Waals surface area contributed by atoms with Crippen LogP contribution in [-0.2, 0) is 17.1 Å². The second-order valence-electron chi connectivity index (χ2n) is 3.35. The molecular formula is C14H11ClFeN2-6. The zero-order valence-electron chi connectivity index (χ0n) is 9.48. The fourth-order valence-electron chi connectivity index (χ4n) is 1.32. The average Bonchev–Trinajstić information content (AvgIpc) is 3.04. The van der Waals surface area contributed by atoms with Gasteiger partial charge in [-0.3, -0.25) is 9.97 Å². The predicted octanol–water partition coefficient (Wildman–Crippen LogP) is 3.92. The number of halogens is 1. The summed E-state index contributed by atoms with van der Waals surface area (Å²) in [5.74, 6) is 0.712. The molecule has 0 aliphatic carbocycles. The second-order valence-corrected chi connectivity index (χ2v) is 3.79. The molecule has 0 fully saturated rings. The first kappa shape index (κ1) is 14.6. The topological polar surface area (TPSA) is 25.8 Å². The molecule has 4 heteroatoms. The molecule has 0 amide bonds. The Morgan fingerprint density at radius 2 is 1.56 bits per heavy atom. The Balaban J connectivity index is 0.000000230. The second kappa shape index (κ2) is 7.83. The molecule has 0 N–H and O–H groups in total. The van der Waals surface area contributed by atoms with Gasteiger partial charge in [-0.1, -0.05) is 5.02 Å². The molecule has 0 aliphatic heterocycles. The summed E-state index contributed by atoms with van der Waals surface area (Å²) in [4.78, 5) is 8.19. The third kappa shape index (κ3) is 4.46. The molecule has 2 nitrogen and oxygen atoms in total. The standard InChI is InChI=1S/C9H6ClN2.C5H5.Fe/c10-8-3-2-7(6-8)9-11-4-1-5-12-9;1-2-4-5-3-1;/h1-6H;1-5H;/q-1;-5;. The van der Waals surface area contributed by atoms with Gasteiger partial charge in [0.25, 0.3) is 0 Å². The van der Waals surface area contributed by atoms with E-state index in [9.17, 15) is 0 Å². The Morgan fingerprint density at radius 3 is 2.00 bits per heavy atom. The van der Waals surface area contributed by atoms with Crippen LogP contribution in [0.4, 0.5) is 0 Å². The molecule has 0 aliphatic rings. The monoisotopic (exact) mass is 298 g/mol. The van der Waals surface area contributed by atoms with Crippen LogP contribution < -0.4 is 0 Å². The van der Waals surface area contributed by atoms with Gasteiger partial charge >= 0.3 is 0 Å². The van der Waals surface area contributed by atoms with E-state index in [-0.39, 0.29) is 17.1 Å². The van der Waals surface area contributed by atoms with Gasteiger partial charge in [-0.15, -0.1) is 5.56 Å². The van der Waals surface area contributed by atoms with Gasteiger partial charge in [0.1, 0.15) is 0 Å². The smallest absolute Gasteiger partial charge is 0.0928 e. The minimum atomic E-state index is 0. The largest absolute Gasteiger partial charge is 0.748 e. The van der Waals surface area contributed by atoms with Gasteiger partial charge in [0.2, 0.25) is 0 Å². The number of rotatable bonds is 1. The Labute approximate surface area is 122 Å². The van der Waals surface area contributed by atoms with Crippen LogP contribution in [0, 0.1) is 0 Å². The minimum Gasteiger partial charge on any atom is -0.748 e. The SMILES string of the molecule is Cl[c-]1ccc(-c2ncccn2)c1.[Fe].[cH-]1[cH-][cH-][cH-][cH-]1. The number of aromatic nitrogens is 2. The van der Waals surface area contributed by atoms with Crippen molar-refractivity contribution < 1.29 is 17.1 Å². The molecule has 1 heterocycles. The fraction of sp³-hybridized carbons (Fsp3) is 0. The van der Waals surface area contributed by atoms with Crippen LogP contribution in [0.2, 0.25) is 5.02 Å². The normalized spacial score (nSPS) is 8.94. The van der Waals surface area contributed by atoms with Crippen molar-refractivity contribution in [3.05, 3.63) is 72.0 Å². The third-order valence-corrected chi connectivity index (χ3v) is 2.33. The average molecular weight is 299 g/mol. The molecule has 1 aromatic heterocycles. The molecule has 3 aromatic rings. The summed E-state index contributed by atoms with van der Waals surface area (Å²) in [6.45, 7) is 0. The van der Waals surface area contributed by atoms with E-state index in [4.69, 9.17) is 11.6 Å². The van der Waals surface area contributed by atoms with E-state index >= 15 is 0 Å². The van der Waals surface area contributed by atoms with Crippen molar-refractivity contribution in [1.29, 1.82) is 0 Å². The summed E-state index contributed by atoms with van der Waals surface area (Å²) in [5.41, 5.74) is 0.959. The molecule has 98 valence electrons. The van der Waals surface area contributed by atoms with Gasteiger partial charge in [0.05, 0.1) is 5.82 Å². The van der Waals surface area contributed by atoms with Crippen molar-refractivity contribution in [3.63, 3.8) is 0 Å². The van der Waals surface area contributed by atoms with Crippen molar-refractivity contribution in [2.75, 3.05) is 0 Å². The van der Waals surface area contributed by atoms with Gasteiger partial charge in [0, 0.05) is 29.5 Å². The molecule has 0 radical (unpaired) electrons. The Morgan fingerprint density at radius 1 is 1.00 bits per heavy atom. The first-order valence-corrected chi connectivity index (χ1v) is 5.60. The van der Waals surface area contributed by atoms with E-state index in [1.807, 2.05) is 48.5 Å². The van der Waals surface area contributed by atoms with E-state index in [1.54, 1.807) is 18.5 Å². The van der Waals surface area contributed by atoms with Crippen molar-refractivity contribution in [3.8, 4) is 11.4 Å². The fourth-order valence-corrected chi connectivity index (χ4v) is 1.50. The van der Waals surface area contributed by atoms with E-state index < -0.39 is 0 Å². The predicted molar refractivity (Wildman–Crippen MR) is 70.1 cm³/mol. The first-order chi connectivity index (χ1) is 8.36. The Bertz CT molecular complexity index is 515. The molecule has 2 aromatic carbocycles. The molecule has 0 atom stereocenters. The summed E-state index contributed by atoms with van der Waals surface area (Å²) in [6.07, 6.45) is 3.42. The van der Waals surface area contributed by atoms with Crippen molar-refractivity contribution in [2.45, 2.75) is 0 Å². The zero-order chi connectivity index (χ0) is 11.9. The van der Waals surface area contributed by atoms with Crippen LogP contribution in [0.15, 0.2) is 67.0 Å². The minimum absolute atomic E-state index is 0. The van der Waals surface area contributed by atoms with Crippen molar-refractivity contribution in [1.82, 2.24) is 9.97 Å². The molecule has 0 unspecified atom stereocenters. The molecule has 0 saturated carbocycles. The summed E-state index contributed by atoms with van der Waals surface area (Å²) in [5, 5.41) is 0.720. The van der Waals surface area contributed by atoms with Crippen LogP contribution in [0.5, 0.6) is 0 Å². The van der Waals surface area contributed by atoms with Crippen molar-refractivity contribution >= 4 is 11.6 Å². The van der Waals surface area contributed by atoms with E-state index in [1.165, 1.54) is 0 Å². The van der Waals surface area contributed by atoms with Gasteiger partial charge < -0.3 is 30.3 Å². The Hall–Kier alpha value is -1.41. The van der Waals surface area contributed by atoms with E-state index in [2.05, 4.69) is 9.97 Å². The summed E-state index contributed by atoms with van der Waals surface area (Å²) in [7, 11) is 0. The van der Waals surface area contributed by atoms with Gasteiger partial charge in [-0.25, -0.2) is 6.07 Å². The number of nitrogens with zero attached hydrogens (tertiary/aromatic N) is 2. The van der Waals surface area contributed by atoms with Crippen molar-refractivity contribution in [2.24, 2.45) is 0 Å². The molecule has 0 spiro atoms. The van der Waals surface area contributed by atoms with E-state index in [0.29, 0.717) is 5.82 Å². The molecule has 0 bridgehead atoms.